The highest BCUT2D eigenvalue weighted by Crippen LogP contribution is 2.29. The maximum absolute atomic E-state index is 13.4. The molecule has 0 aliphatic heterocycles. The molecule has 0 radical (unpaired) electrons. The lowest BCUT2D eigenvalue weighted by atomic mass is 10.3. The molecule has 0 heterocycles. The van der Waals surface area contributed by atoms with E-state index in [9.17, 15) is 17.6 Å². The molecule has 1 N–H and O–H groups in total. The number of carbonyl (C=O) groups is 1. The van der Waals surface area contributed by atoms with Crippen molar-refractivity contribution in [2.45, 2.75) is 35.8 Å². The zero-order valence-corrected chi connectivity index (χ0v) is 19.1. The van der Waals surface area contributed by atoms with Gasteiger partial charge in [-0.3, -0.25) is 9.10 Å². The van der Waals surface area contributed by atoms with E-state index in [1.165, 1.54) is 81.3 Å². The molecule has 0 spiro atoms. The molecule has 168 valence electrons. The average Bonchev–Trinajstić information content (AvgIpc) is 3.29. The summed E-state index contributed by atoms with van der Waals surface area (Å²) in [5, 5.41) is 3.46. The first kappa shape index (κ1) is 23.4. The molecule has 6 nitrogen and oxygen atoms in total. The molecule has 0 aromatic heterocycles. The van der Waals surface area contributed by atoms with Crippen LogP contribution in [-0.2, 0) is 14.8 Å². The van der Waals surface area contributed by atoms with E-state index >= 15 is 0 Å². The summed E-state index contributed by atoms with van der Waals surface area (Å²) in [6, 6.07) is 10.9. The Kier molecular flexibility index (Phi) is 8.20. The van der Waals surface area contributed by atoms with Gasteiger partial charge in [-0.2, -0.15) is 11.8 Å². The van der Waals surface area contributed by atoms with Crippen LogP contribution in [0.1, 0.15) is 25.7 Å². The quantitative estimate of drug-likeness (QED) is 0.539. The van der Waals surface area contributed by atoms with Gasteiger partial charge in [-0.1, -0.05) is 12.8 Å². The Balaban J connectivity index is 1.71. The molecular weight excluding hydrogens is 439 g/mol. The van der Waals surface area contributed by atoms with Crippen molar-refractivity contribution in [3.8, 4) is 5.75 Å². The molecule has 3 rings (SSSR count). The molecule has 31 heavy (non-hydrogen) atoms. The fourth-order valence-corrected chi connectivity index (χ4v) is 6.10. The van der Waals surface area contributed by atoms with Gasteiger partial charge < -0.3 is 10.1 Å². The van der Waals surface area contributed by atoms with Crippen LogP contribution in [0.25, 0.3) is 0 Å². The summed E-state index contributed by atoms with van der Waals surface area (Å²) in [6.45, 7) is 0.0773. The third kappa shape index (κ3) is 6.36. The van der Waals surface area contributed by atoms with Crippen LogP contribution in [0.15, 0.2) is 53.4 Å². The highest BCUT2D eigenvalue weighted by atomic mass is 32.2. The molecule has 0 bridgehead atoms. The summed E-state index contributed by atoms with van der Waals surface area (Å²) >= 11 is 1.85. The second-order valence-electron chi connectivity index (χ2n) is 7.29. The van der Waals surface area contributed by atoms with Crippen LogP contribution in [0.5, 0.6) is 5.75 Å². The monoisotopic (exact) mass is 466 g/mol. The SMILES string of the molecule is COc1ccc(S(=O)(=O)N(CC(=O)NCCSC2CCCC2)c2ccc(F)cc2)cc1. The number of nitrogens with zero attached hydrogens (tertiary/aromatic N) is 1. The number of anilines is 1. The maximum Gasteiger partial charge on any atom is 0.264 e. The molecule has 0 unspecified atom stereocenters. The van der Waals surface area contributed by atoms with Crippen molar-refractivity contribution in [2.75, 3.05) is 30.3 Å². The minimum absolute atomic E-state index is 0.0159. The number of ether oxygens (including phenoxy) is 1. The lowest BCUT2D eigenvalue weighted by Crippen LogP contribution is -2.41. The number of carbonyl (C=O) groups excluding carboxylic acids is 1. The summed E-state index contributed by atoms with van der Waals surface area (Å²) in [7, 11) is -2.55. The van der Waals surface area contributed by atoms with Crippen molar-refractivity contribution in [3.63, 3.8) is 0 Å². The summed E-state index contributed by atoms with van der Waals surface area (Å²) in [4.78, 5) is 12.6. The van der Waals surface area contributed by atoms with Crippen LogP contribution in [0.2, 0.25) is 0 Å². The molecule has 2 aromatic rings. The first-order chi connectivity index (χ1) is 14.9. The molecule has 9 heteroatoms. The lowest BCUT2D eigenvalue weighted by molar-refractivity contribution is -0.119. The van der Waals surface area contributed by atoms with Crippen molar-refractivity contribution >= 4 is 33.4 Å². The molecule has 1 aliphatic rings. The lowest BCUT2D eigenvalue weighted by Gasteiger charge is -2.24. The Labute approximate surface area is 187 Å². The number of benzene rings is 2. The Morgan fingerprint density at radius 3 is 2.39 bits per heavy atom. The molecule has 2 aromatic carbocycles. The number of rotatable bonds is 10. The third-order valence-corrected chi connectivity index (χ3v) is 8.30. The number of methoxy groups -OCH3 is 1. The number of sulfonamides is 1. The first-order valence-corrected chi connectivity index (χ1v) is 12.7. The van der Waals surface area contributed by atoms with Crippen molar-refractivity contribution < 1.29 is 22.3 Å². The fraction of sp³-hybridized carbons (Fsp3) is 0.409. The van der Waals surface area contributed by atoms with Crippen LogP contribution in [0.4, 0.5) is 10.1 Å². The number of hydrogen-bond donors (Lipinski definition) is 1. The normalized spacial score (nSPS) is 14.4. The van der Waals surface area contributed by atoms with Crippen LogP contribution >= 0.6 is 11.8 Å². The molecule has 1 fully saturated rings. The van der Waals surface area contributed by atoms with Gasteiger partial charge in [0.2, 0.25) is 5.91 Å². The number of thioether (sulfide) groups is 1. The van der Waals surface area contributed by atoms with Gasteiger partial charge in [0, 0.05) is 17.5 Å². The Bertz CT molecular complexity index is 960. The van der Waals surface area contributed by atoms with Gasteiger partial charge in [-0.15, -0.1) is 0 Å². The summed E-state index contributed by atoms with van der Waals surface area (Å²) in [5.41, 5.74) is 0.215. The number of nitrogens with one attached hydrogen (secondary N) is 1. The van der Waals surface area contributed by atoms with Gasteiger partial charge in [0.1, 0.15) is 18.1 Å². The van der Waals surface area contributed by atoms with Crippen LogP contribution < -0.4 is 14.4 Å². The number of amides is 1. The first-order valence-electron chi connectivity index (χ1n) is 10.2. The summed E-state index contributed by atoms with van der Waals surface area (Å²) in [6.07, 6.45) is 4.97. The van der Waals surface area contributed by atoms with Crippen molar-refractivity contribution in [3.05, 3.63) is 54.3 Å². The van der Waals surface area contributed by atoms with Gasteiger partial charge in [0.25, 0.3) is 10.0 Å². The predicted octanol–water partition coefficient (Wildman–Crippen LogP) is 3.82. The minimum Gasteiger partial charge on any atom is -0.497 e. The topological polar surface area (TPSA) is 75.7 Å². The average molecular weight is 467 g/mol. The summed E-state index contributed by atoms with van der Waals surface area (Å²) in [5.74, 6) is 0.412. The van der Waals surface area contributed by atoms with Crippen LogP contribution in [-0.4, -0.2) is 45.5 Å². The van der Waals surface area contributed by atoms with Crippen molar-refractivity contribution in [1.82, 2.24) is 5.32 Å². The molecule has 1 amide bonds. The Hall–Kier alpha value is -2.26. The second kappa shape index (κ2) is 10.9. The van der Waals surface area contributed by atoms with Gasteiger partial charge in [0.05, 0.1) is 17.7 Å². The minimum atomic E-state index is -4.04. The molecule has 0 saturated heterocycles. The van der Waals surface area contributed by atoms with E-state index in [-0.39, 0.29) is 10.6 Å². The van der Waals surface area contributed by atoms with Crippen molar-refractivity contribution in [2.24, 2.45) is 0 Å². The van der Waals surface area contributed by atoms with E-state index in [2.05, 4.69) is 5.32 Å². The maximum atomic E-state index is 13.4. The van der Waals surface area contributed by atoms with E-state index in [1.807, 2.05) is 11.8 Å². The molecule has 0 atom stereocenters. The highest BCUT2D eigenvalue weighted by molar-refractivity contribution is 7.99. The van der Waals surface area contributed by atoms with Crippen molar-refractivity contribution in [1.29, 1.82) is 0 Å². The van der Waals surface area contributed by atoms with E-state index < -0.39 is 28.3 Å². The largest absolute Gasteiger partial charge is 0.497 e. The molecular formula is C22H27FN2O4S2. The zero-order chi connectivity index (χ0) is 22.3. The second-order valence-corrected chi connectivity index (χ2v) is 10.6. The Morgan fingerprint density at radius 2 is 1.77 bits per heavy atom. The third-order valence-electron chi connectivity index (χ3n) is 5.13. The smallest absolute Gasteiger partial charge is 0.264 e. The number of halogens is 1. The van der Waals surface area contributed by atoms with Gasteiger partial charge in [0.15, 0.2) is 0 Å². The molecule has 1 saturated carbocycles. The van der Waals surface area contributed by atoms with E-state index in [1.54, 1.807) is 0 Å². The van der Waals surface area contributed by atoms with Gasteiger partial charge >= 0.3 is 0 Å². The predicted molar refractivity (Wildman–Crippen MR) is 122 cm³/mol. The van der Waals surface area contributed by atoms with E-state index in [0.717, 1.165) is 10.1 Å². The standard InChI is InChI=1S/C22H27FN2O4S2/c1-29-19-10-12-21(13-11-19)31(27,28)25(18-8-6-17(23)7-9-18)16-22(26)24-14-15-30-20-4-2-3-5-20/h6-13,20H,2-5,14-16H2,1H3,(H,24,26). The van der Waals surface area contributed by atoms with Gasteiger partial charge in [-0.25, -0.2) is 12.8 Å². The molecule has 1 aliphatic carbocycles. The van der Waals surface area contributed by atoms with E-state index in [0.29, 0.717) is 17.5 Å². The zero-order valence-electron chi connectivity index (χ0n) is 17.4. The highest BCUT2D eigenvalue weighted by Gasteiger charge is 2.27. The Morgan fingerprint density at radius 1 is 1.13 bits per heavy atom. The van der Waals surface area contributed by atoms with Crippen LogP contribution in [0.3, 0.4) is 0 Å². The summed E-state index contributed by atoms with van der Waals surface area (Å²) < 4.78 is 46.0. The number of hydrogen-bond acceptors (Lipinski definition) is 5. The van der Waals surface area contributed by atoms with Gasteiger partial charge in [-0.05, 0) is 61.4 Å². The van der Waals surface area contributed by atoms with Crippen LogP contribution in [0, 0.1) is 5.82 Å². The fourth-order valence-electron chi connectivity index (χ4n) is 3.45. The van der Waals surface area contributed by atoms with E-state index in [4.69, 9.17) is 4.74 Å².